The first-order valence-electron chi connectivity index (χ1n) is 8.44. The Kier molecular flexibility index (Phi) is 7.32. The summed E-state index contributed by atoms with van der Waals surface area (Å²) in [6.07, 6.45) is 1.37. The van der Waals surface area contributed by atoms with Gasteiger partial charge < -0.3 is 10.1 Å². The largest absolute Gasteiger partial charge is 0.497 e. The molecule has 2 aromatic carbocycles. The van der Waals surface area contributed by atoms with E-state index in [1.807, 2.05) is 0 Å². The molecule has 1 N–H and O–H groups in total. The van der Waals surface area contributed by atoms with E-state index < -0.39 is 10.0 Å². The number of nitrogens with zero attached hydrogens (tertiary/aromatic N) is 1. The van der Waals surface area contributed by atoms with Gasteiger partial charge in [-0.2, -0.15) is 4.31 Å². The molecular formula is C19H23FN2O4S. The normalized spacial score (nSPS) is 11.4. The number of halogens is 1. The topological polar surface area (TPSA) is 75.7 Å². The molecule has 0 aliphatic heterocycles. The van der Waals surface area contributed by atoms with Crippen LogP contribution >= 0.6 is 0 Å². The van der Waals surface area contributed by atoms with Crippen LogP contribution in [0.2, 0.25) is 0 Å². The second kappa shape index (κ2) is 9.48. The Bertz CT molecular complexity index is 852. The molecule has 0 heterocycles. The number of amides is 1. The SMILES string of the molecule is COc1ccc(S(=O)(=O)N(C)CC(=O)NCCCc2ccc(F)cc2)cc1. The molecule has 1 amide bonds. The van der Waals surface area contributed by atoms with Crippen molar-refractivity contribution in [3.63, 3.8) is 0 Å². The van der Waals surface area contributed by atoms with Crippen LogP contribution in [0.4, 0.5) is 4.39 Å². The third-order valence-corrected chi connectivity index (χ3v) is 5.83. The van der Waals surface area contributed by atoms with Gasteiger partial charge in [-0.05, 0) is 54.8 Å². The monoisotopic (exact) mass is 394 g/mol. The van der Waals surface area contributed by atoms with Gasteiger partial charge in [0.25, 0.3) is 0 Å². The molecule has 0 unspecified atom stereocenters. The Labute approximate surface area is 159 Å². The van der Waals surface area contributed by atoms with E-state index in [0.29, 0.717) is 25.1 Å². The highest BCUT2D eigenvalue weighted by molar-refractivity contribution is 7.89. The molecule has 27 heavy (non-hydrogen) atoms. The fourth-order valence-electron chi connectivity index (χ4n) is 2.44. The molecular weight excluding hydrogens is 371 g/mol. The highest BCUT2D eigenvalue weighted by Gasteiger charge is 2.22. The maximum absolute atomic E-state index is 12.8. The van der Waals surface area contributed by atoms with Crippen molar-refractivity contribution >= 4 is 15.9 Å². The summed E-state index contributed by atoms with van der Waals surface area (Å²) in [6.45, 7) is 0.136. The van der Waals surface area contributed by atoms with E-state index in [4.69, 9.17) is 4.74 Å². The summed E-state index contributed by atoms with van der Waals surface area (Å²) >= 11 is 0. The number of carbonyl (C=O) groups is 1. The minimum absolute atomic E-state index is 0.0925. The number of benzene rings is 2. The number of nitrogens with one attached hydrogen (secondary N) is 1. The molecule has 0 saturated carbocycles. The molecule has 2 aromatic rings. The molecule has 2 rings (SSSR count). The third-order valence-electron chi connectivity index (χ3n) is 4.01. The number of ether oxygens (including phenoxy) is 1. The summed E-state index contributed by atoms with van der Waals surface area (Å²) in [6, 6.07) is 12.2. The fraction of sp³-hybridized carbons (Fsp3) is 0.316. The minimum atomic E-state index is -3.76. The van der Waals surface area contributed by atoms with Gasteiger partial charge in [-0.25, -0.2) is 12.8 Å². The predicted octanol–water partition coefficient (Wildman–Crippen LogP) is 2.20. The molecule has 0 bridgehead atoms. The van der Waals surface area contributed by atoms with E-state index in [9.17, 15) is 17.6 Å². The van der Waals surface area contributed by atoms with Gasteiger partial charge in [0.2, 0.25) is 15.9 Å². The molecule has 146 valence electrons. The molecule has 0 spiro atoms. The van der Waals surface area contributed by atoms with Crippen LogP contribution in [-0.2, 0) is 21.2 Å². The standard InChI is InChI=1S/C19H23FN2O4S/c1-22(27(24,25)18-11-9-17(26-2)10-12-18)14-19(23)21-13-3-4-15-5-7-16(20)8-6-15/h5-12H,3-4,13-14H2,1-2H3,(H,21,23). The van der Waals surface area contributed by atoms with Crippen molar-refractivity contribution in [2.45, 2.75) is 17.7 Å². The maximum Gasteiger partial charge on any atom is 0.243 e. The number of likely N-dealkylation sites (N-methyl/N-ethyl adjacent to an activating group) is 1. The molecule has 8 heteroatoms. The first-order chi connectivity index (χ1) is 12.8. The van der Waals surface area contributed by atoms with Crippen molar-refractivity contribution in [3.8, 4) is 5.75 Å². The molecule has 0 aliphatic carbocycles. The number of aryl methyl sites for hydroxylation is 1. The fourth-order valence-corrected chi connectivity index (χ4v) is 3.57. The molecule has 0 atom stereocenters. The number of methoxy groups -OCH3 is 1. The molecule has 0 aromatic heterocycles. The quantitative estimate of drug-likeness (QED) is 0.662. The Morgan fingerprint density at radius 2 is 1.74 bits per heavy atom. The van der Waals surface area contributed by atoms with Gasteiger partial charge in [0.15, 0.2) is 0 Å². The number of hydrogen-bond donors (Lipinski definition) is 1. The van der Waals surface area contributed by atoms with Gasteiger partial charge in [0.1, 0.15) is 11.6 Å². The second-order valence-corrected chi connectivity index (χ2v) is 8.06. The lowest BCUT2D eigenvalue weighted by molar-refractivity contribution is -0.121. The van der Waals surface area contributed by atoms with Crippen molar-refractivity contribution in [1.82, 2.24) is 9.62 Å². The summed E-state index contributed by atoms with van der Waals surface area (Å²) in [5.74, 6) is -0.114. The average molecular weight is 394 g/mol. The van der Waals surface area contributed by atoms with E-state index in [0.717, 1.165) is 9.87 Å². The van der Waals surface area contributed by atoms with Gasteiger partial charge in [0, 0.05) is 13.6 Å². The van der Waals surface area contributed by atoms with Gasteiger partial charge in [-0.3, -0.25) is 4.79 Å². The van der Waals surface area contributed by atoms with E-state index in [1.54, 1.807) is 24.3 Å². The third kappa shape index (κ3) is 6.04. The van der Waals surface area contributed by atoms with Crippen LogP contribution in [-0.4, -0.2) is 45.9 Å². The Morgan fingerprint density at radius 3 is 2.33 bits per heavy atom. The first-order valence-corrected chi connectivity index (χ1v) is 9.88. The van der Waals surface area contributed by atoms with Crippen molar-refractivity contribution in [3.05, 3.63) is 59.9 Å². The highest BCUT2D eigenvalue weighted by Crippen LogP contribution is 2.18. The lowest BCUT2D eigenvalue weighted by Gasteiger charge is -2.17. The Balaban J connectivity index is 1.80. The van der Waals surface area contributed by atoms with Crippen LogP contribution < -0.4 is 10.1 Å². The number of rotatable bonds is 9. The second-order valence-electron chi connectivity index (χ2n) is 6.02. The Morgan fingerprint density at radius 1 is 1.11 bits per heavy atom. The van der Waals surface area contributed by atoms with Crippen LogP contribution in [0.3, 0.4) is 0 Å². The summed E-state index contributed by atoms with van der Waals surface area (Å²) in [5.41, 5.74) is 0.977. The van der Waals surface area contributed by atoms with Crippen LogP contribution in [0, 0.1) is 5.82 Å². The van der Waals surface area contributed by atoms with E-state index in [2.05, 4.69) is 5.32 Å². The molecule has 0 aliphatic rings. The smallest absolute Gasteiger partial charge is 0.243 e. The van der Waals surface area contributed by atoms with Gasteiger partial charge in [-0.1, -0.05) is 12.1 Å². The number of sulfonamides is 1. The molecule has 0 fully saturated rings. The van der Waals surface area contributed by atoms with Crippen molar-refractivity contribution in [1.29, 1.82) is 0 Å². The summed E-state index contributed by atoms with van der Waals surface area (Å²) < 4.78 is 43.8. The first kappa shape index (κ1) is 20.9. The summed E-state index contributed by atoms with van der Waals surface area (Å²) in [5, 5.41) is 2.70. The lowest BCUT2D eigenvalue weighted by Crippen LogP contribution is -2.38. The zero-order valence-electron chi connectivity index (χ0n) is 15.3. The summed E-state index contributed by atoms with van der Waals surface area (Å²) in [7, 11) is -0.900. The number of hydrogen-bond acceptors (Lipinski definition) is 4. The lowest BCUT2D eigenvalue weighted by atomic mass is 10.1. The number of carbonyl (C=O) groups excluding carboxylic acids is 1. The van der Waals surface area contributed by atoms with Crippen LogP contribution in [0.1, 0.15) is 12.0 Å². The van der Waals surface area contributed by atoms with Gasteiger partial charge in [0.05, 0.1) is 18.6 Å². The van der Waals surface area contributed by atoms with Crippen molar-refractivity contribution in [2.24, 2.45) is 0 Å². The van der Waals surface area contributed by atoms with Crippen molar-refractivity contribution < 1.29 is 22.3 Å². The maximum atomic E-state index is 12.8. The average Bonchev–Trinajstić information content (AvgIpc) is 2.66. The molecule has 0 saturated heterocycles. The van der Waals surface area contributed by atoms with Crippen molar-refractivity contribution in [2.75, 3.05) is 27.2 Å². The zero-order valence-corrected chi connectivity index (χ0v) is 16.1. The van der Waals surface area contributed by atoms with Crippen LogP contribution in [0.5, 0.6) is 5.75 Å². The van der Waals surface area contributed by atoms with E-state index in [1.165, 1.54) is 38.4 Å². The van der Waals surface area contributed by atoms with Gasteiger partial charge >= 0.3 is 0 Å². The molecule has 0 radical (unpaired) electrons. The zero-order chi connectivity index (χ0) is 19.9. The minimum Gasteiger partial charge on any atom is -0.497 e. The highest BCUT2D eigenvalue weighted by atomic mass is 32.2. The van der Waals surface area contributed by atoms with Crippen LogP contribution in [0.15, 0.2) is 53.4 Å². The van der Waals surface area contributed by atoms with E-state index in [-0.39, 0.29) is 23.2 Å². The molecule has 6 nitrogen and oxygen atoms in total. The summed E-state index contributed by atoms with van der Waals surface area (Å²) in [4.78, 5) is 12.1. The Hall–Kier alpha value is -2.45. The van der Waals surface area contributed by atoms with Crippen LogP contribution in [0.25, 0.3) is 0 Å². The van der Waals surface area contributed by atoms with Gasteiger partial charge in [-0.15, -0.1) is 0 Å². The van der Waals surface area contributed by atoms with E-state index >= 15 is 0 Å². The predicted molar refractivity (Wildman–Crippen MR) is 101 cm³/mol.